The number of rotatable bonds is 13. The standard InChI is InChI=1S/C28H38F2N4O6/c1-39-13-3-11-32-17-19(25(35)33(27(32)37)12-4-14-40-2)18-34(21-6-7-21)26(36)22-16-31-10-9-28(22,38)20-5-8-23(29)24(30)15-20/h5,8,15,17,21-22,31,38H,3-4,6-7,9-14,16,18H2,1-2H3. The zero-order valence-electron chi connectivity index (χ0n) is 23.0. The van der Waals surface area contributed by atoms with E-state index in [1.807, 2.05) is 0 Å². The van der Waals surface area contributed by atoms with Gasteiger partial charge in [0.2, 0.25) is 5.91 Å². The van der Waals surface area contributed by atoms with Crippen LogP contribution >= 0.6 is 0 Å². The number of aliphatic hydroxyl groups is 1. The minimum Gasteiger partial charge on any atom is -0.385 e. The third-order valence-corrected chi connectivity index (χ3v) is 7.72. The summed E-state index contributed by atoms with van der Waals surface area (Å²) < 4.78 is 40.6. The molecule has 2 aromatic rings. The molecule has 1 aromatic heterocycles. The Morgan fingerprint density at radius 2 is 1.82 bits per heavy atom. The Balaban J connectivity index is 1.67. The van der Waals surface area contributed by atoms with Crippen LogP contribution < -0.4 is 16.6 Å². The first-order valence-electron chi connectivity index (χ1n) is 13.7. The maximum atomic E-state index is 14.1. The quantitative estimate of drug-likeness (QED) is 0.353. The first kappa shape index (κ1) is 30.0. The molecule has 1 aromatic carbocycles. The van der Waals surface area contributed by atoms with Crippen LogP contribution in [-0.2, 0) is 39.5 Å². The first-order valence-corrected chi connectivity index (χ1v) is 13.7. The minimum atomic E-state index is -1.72. The number of hydrogen-bond donors (Lipinski definition) is 2. The lowest BCUT2D eigenvalue weighted by molar-refractivity contribution is -0.150. The Hall–Kier alpha value is -2.93. The van der Waals surface area contributed by atoms with Gasteiger partial charge < -0.3 is 24.8 Å². The van der Waals surface area contributed by atoms with E-state index in [2.05, 4.69) is 5.32 Å². The zero-order chi connectivity index (χ0) is 28.9. The van der Waals surface area contributed by atoms with Gasteiger partial charge in [-0.1, -0.05) is 6.07 Å². The number of aryl methyl sites for hydroxylation is 1. The van der Waals surface area contributed by atoms with Gasteiger partial charge in [-0.2, -0.15) is 0 Å². The number of hydrogen-bond acceptors (Lipinski definition) is 7. The normalized spacial score (nSPS) is 21.0. The van der Waals surface area contributed by atoms with E-state index in [9.17, 15) is 28.3 Å². The second-order valence-electron chi connectivity index (χ2n) is 10.5. The van der Waals surface area contributed by atoms with Gasteiger partial charge in [-0.15, -0.1) is 0 Å². The van der Waals surface area contributed by atoms with Crippen molar-refractivity contribution in [3.63, 3.8) is 0 Å². The predicted molar refractivity (Wildman–Crippen MR) is 143 cm³/mol. The summed E-state index contributed by atoms with van der Waals surface area (Å²) in [6.45, 7) is 1.81. The highest BCUT2D eigenvalue weighted by Gasteiger charge is 2.48. The molecular formula is C28H38F2N4O6. The number of piperidine rings is 1. The second kappa shape index (κ2) is 13.2. The topological polar surface area (TPSA) is 115 Å². The molecule has 12 heteroatoms. The van der Waals surface area contributed by atoms with Crippen LogP contribution in [0.15, 0.2) is 34.0 Å². The molecular weight excluding hydrogens is 526 g/mol. The van der Waals surface area contributed by atoms with Crippen molar-refractivity contribution in [1.82, 2.24) is 19.4 Å². The summed E-state index contributed by atoms with van der Waals surface area (Å²) in [5, 5.41) is 14.8. The highest BCUT2D eigenvalue weighted by molar-refractivity contribution is 5.81. The number of ether oxygens (including phenoxy) is 2. The number of aromatic nitrogens is 2. The number of nitrogens with one attached hydrogen (secondary N) is 1. The van der Waals surface area contributed by atoms with Crippen LogP contribution in [0.1, 0.15) is 43.2 Å². The third kappa shape index (κ3) is 6.51. The molecule has 1 aliphatic carbocycles. The summed E-state index contributed by atoms with van der Waals surface area (Å²) in [5.74, 6) is -3.50. The number of nitrogens with zero attached hydrogens (tertiary/aromatic N) is 3. The minimum absolute atomic E-state index is 0.0402. The molecule has 1 saturated carbocycles. The Morgan fingerprint density at radius 3 is 2.48 bits per heavy atom. The van der Waals surface area contributed by atoms with Crippen molar-refractivity contribution in [2.24, 2.45) is 5.92 Å². The average Bonchev–Trinajstić information content (AvgIpc) is 3.78. The summed E-state index contributed by atoms with van der Waals surface area (Å²) in [4.78, 5) is 42.2. The first-order chi connectivity index (χ1) is 19.2. The zero-order valence-corrected chi connectivity index (χ0v) is 23.0. The van der Waals surface area contributed by atoms with Gasteiger partial charge in [-0.3, -0.25) is 18.7 Å². The highest BCUT2D eigenvalue weighted by Crippen LogP contribution is 2.39. The molecule has 2 heterocycles. The molecule has 2 unspecified atom stereocenters. The van der Waals surface area contributed by atoms with Crippen LogP contribution in [0.2, 0.25) is 0 Å². The van der Waals surface area contributed by atoms with E-state index >= 15 is 0 Å². The van der Waals surface area contributed by atoms with Crippen LogP contribution in [0.4, 0.5) is 8.78 Å². The van der Waals surface area contributed by atoms with Gasteiger partial charge in [0.25, 0.3) is 5.56 Å². The molecule has 4 rings (SSSR count). The van der Waals surface area contributed by atoms with Crippen LogP contribution in [0.5, 0.6) is 0 Å². The molecule has 2 aliphatic rings. The summed E-state index contributed by atoms with van der Waals surface area (Å²) in [5.41, 5.74) is -2.21. The summed E-state index contributed by atoms with van der Waals surface area (Å²) in [6.07, 6.45) is 4.15. The van der Waals surface area contributed by atoms with Gasteiger partial charge >= 0.3 is 5.69 Å². The van der Waals surface area contributed by atoms with Crippen LogP contribution in [0.3, 0.4) is 0 Å². The number of methoxy groups -OCH3 is 2. The van der Waals surface area contributed by atoms with E-state index in [1.54, 1.807) is 19.1 Å². The molecule has 40 heavy (non-hydrogen) atoms. The molecule has 0 radical (unpaired) electrons. The van der Waals surface area contributed by atoms with Crippen LogP contribution in [-0.4, -0.2) is 71.6 Å². The third-order valence-electron chi connectivity index (χ3n) is 7.72. The van der Waals surface area contributed by atoms with E-state index in [0.717, 1.165) is 25.0 Å². The Morgan fingerprint density at radius 1 is 1.12 bits per heavy atom. The molecule has 1 saturated heterocycles. The van der Waals surface area contributed by atoms with Crippen molar-refractivity contribution in [2.75, 3.05) is 40.5 Å². The van der Waals surface area contributed by atoms with Gasteiger partial charge in [0.15, 0.2) is 11.6 Å². The number of carbonyl (C=O) groups is 1. The molecule has 220 valence electrons. The van der Waals surface area contributed by atoms with Crippen molar-refractivity contribution in [1.29, 1.82) is 0 Å². The van der Waals surface area contributed by atoms with Crippen molar-refractivity contribution in [2.45, 2.75) is 63.4 Å². The molecule has 2 atom stereocenters. The maximum Gasteiger partial charge on any atom is 0.330 e. The fourth-order valence-corrected chi connectivity index (χ4v) is 5.35. The van der Waals surface area contributed by atoms with E-state index in [0.29, 0.717) is 39.1 Å². The van der Waals surface area contributed by atoms with E-state index < -0.39 is 34.4 Å². The van der Waals surface area contributed by atoms with Crippen molar-refractivity contribution in [3.05, 3.63) is 68.0 Å². The number of amides is 1. The summed E-state index contributed by atoms with van der Waals surface area (Å²) in [7, 11) is 3.11. The van der Waals surface area contributed by atoms with Gasteiger partial charge in [-0.05, 0) is 56.3 Å². The van der Waals surface area contributed by atoms with Crippen LogP contribution in [0, 0.1) is 17.6 Å². The largest absolute Gasteiger partial charge is 0.385 e. The average molecular weight is 565 g/mol. The van der Waals surface area contributed by atoms with Gasteiger partial charge in [0, 0.05) is 59.3 Å². The number of carbonyl (C=O) groups excluding carboxylic acids is 1. The SMILES string of the molecule is COCCCn1cc(CN(C(=O)C2CNCCC2(O)c2ccc(F)c(F)c2)C2CC2)c(=O)n(CCCOC)c1=O. The Bertz CT molecular complexity index is 1310. The van der Waals surface area contributed by atoms with E-state index in [4.69, 9.17) is 9.47 Å². The molecule has 2 N–H and O–H groups in total. The fourth-order valence-electron chi connectivity index (χ4n) is 5.35. The number of benzene rings is 1. The van der Waals surface area contributed by atoms with Crippen LogP contribution in [0.25, 0.3) is 0 Å². The Kier molecular flexibility index (Phi) is 9.88. The fraction of sp³-hybridized carbons (Fsp3) is 0.607. The van der Waals surface area contributed by atoms with Crippen molar-refractivity contribution in [3.8, 4) is 0 Å². The van der Waals surface area contributed by atoms with Gasteiger partial charge in [0.1, 0.15) is 5.60 Å². The lowest BCUT2D eigenvalue weighted by Gasteiger charge is -2.42. The van der Waals surface area contributed by atoms with Gasteiger partial charge in [0.05, 0.1) is 18.0 Å². The summed E-state index contributed by atoms with van der Waals surface area (Å²) in [6, 6.07) is 3.07. The smallest absolute Gasteiger partial charge is 0.330 e. The molecule has 0 bridgehead atoms. The predicted octanol–water partition coefficient (Wildman–Crippen LogP) is 1.35. The lowest BCUT2D eigenvalue weighted by atomic mass is 9.75. The van der Waals surface area contributed by atoms with Crippen molar-refractivity contribution >= 4 is 5.91 Å². The summed E-state index contributed by atoms with van der Waals surface area (Å²) >= 11 is 0. The molecule has 1 aliphatic heterocycles. The van der Waals surface area contributed by atoms with Gasteiger partial charge in [-0.25, -0.2) is 13.6 Å². The Labute approximate surface area is 231 Å². The highest BCUT2D eigenvalue weighted by atomic mass is 19.2. The number of halogens is 2. The second-order valence-corrected chi connectivity index (χ2v) is 10.5. The molecule has 10 nitrogen and oxygen atoms in total. The maximum absolute atomic E-state index is 14.1. The monoisotopic (exact) mass is 564 g/mol. The molecule has 0 spiro atoms. The molecule has 1 amide bonds. The lowest BCUT2D eigenvalue weighted by Crippen LogP contribution is -2.56. The molecule has 2 fully saturated rings. The van der Waals surface area contributed by atoms with Crippen molar-refractivity contribution < 1.29 is 28.2 Å². The van der Waals surface area contributed by atoms with E-state index in [1.165, 1.54) is 21.4 Å². The van der Waals surface area contributed by atoms with E-state index in [-0.39, 0.29) is 49.1 Å².